The number of carbonyl (C=O) groups excluding carboxylic acids is 1. The molecule has 0 spiro atoms. The maximum absolute atomic E-state index is 13.2. The molecule has 0 saturated heterocycles. The molecule has 0 atom stereocenters. The number of anilines is 3. The van der Waals surface area contributed by atoms with E-state index in [-0.39, 0.29) is 16.8 Å². The Morgan fingerprint density at radius 3 is 2.75 bits per heavy atom. The van der Waals surface area contributed by atoms with Gasteiger partial charge in [-0.15, -0.1) is 0 Å². The third-order valence-electron chi connectivity index (χ3n) is 3.48. The Balaban J connectivity index is 1.72. The maximum Gasteiger partial charge on any atom is 0.248 e. The molecule has 0 bridgehead atoms. The lowest BCUT2D eigenvalue weighted by atomic mass is 10.2. The summed E-state index contributed by atoms with van der Waals surface area (Å²) in [5.74, 6) is 0.355. The molecule has 0 radical (unpaired) electrons. The summed E-state index contributed by atoms with van der Waals surface area (Å²) in [7, 11) is 0. The standard InChI is InChI=1S/C20H16ClFN4O2/c1-2-4-19(27)26-14-6-3-5-13(9-14)25-18-11-20(24-12-23-18)28-15-7-8-17(22)16(21)10-15/h2-12H,1H3,(H,26,27)(H,23,24,25)/b4-2+. The fourth-order valence-electron chi connectivity index (χ4n) is 2.28. The number of nitrogens with one attached hydrogen (secondary N) is 2. The van der Waals surface area contributed by atoms with Gasteiger partial charge in [0.2, 0.25) is 11.8 Å². The van der Waals surface area contributed by atoms with Crippen molar-refractivity contribution in [3.63, 3.8) is 0 Å². The van der Waals surface area contributed by atoms with Crippen LogP contribution in [-0.2, 0) is 4.79 Å². The summed E-state index contributed by atoms with van der Waals surface area (Å²) in [4.78, 5) is 19.8. The minimum atomic E-state index is -0.527. The molecule has 142 valence electrons. The van der Waals surface area contributed by atoms with E-state index in [0.29, 0.717) is 22.9 Å². The minimum Gasteiger partial charge on any atom is -0.439 e. The second-order valence-electron chi connectivity index (χ2n) is 5.61. The summed E-state index contributed by atoms with van der Waals surface area (Å²) in [5.41, 5.74) is 1.35. The lowest BCUT2D eigenvalue weighted by molar-refractivity contribution is -0.111. The molecule has 1 aromatic heterocycles. The number of hydrogen-bond donors (Lipinski definition) is 2. The zero-order chi connectivity index (χ0) is 19.9. The number of halogens is 2. The van der Waals surface area contributed by atoms with Crippen LogP contribution >= 0.6 is 11.6 Å². The summed E-state index contributed by atoms with van der Waals surface area (Å²) >= 11 is 5.75. The Hall–Kier alpha value is -3.45. The van der Waals surface area contributed by atoms with E-state index in [0.717, 1.165) is 0 Å². The average Bonchev–Trinajstić information content (AvgIpc) is 2.65. The first-order valence-corrected chi connectivity index (χ1v) is 8.67. The number of carbonyl (C=O) groups is 1. The molecule has 0 aliphatic carbocycles. The maximum atomic E-state index is 13.2. The summed E-state index contributed by atoms with van der Waals surface area (Å²) in [6, 6.07) is 12.8. The predicted molar refractivity (Wildman–Crippen MR) is 107 cm³/mol. The first-order chi connectivity index (χ1) is 13.5. The van der Waals surface area contributed by atoms with Gasteiger partial charge in [0.1, 0.15) is 23.7 Å². The van der Waals surface area contributed by atoms with Crippen molar-refractivity contribution in [1.29, 1.82) is 0 Å². The molecule has 2 N–H and O–H groups in total. The van der Waals surface area contributed by atoms with Gasteiger partial charge >= 0.3 is 0 Å². The van der Waals surface area contributed by atoms with Gasteiger partial charge in [-0.2, -0.15) is 0 Å². The Bertz CT molecular complexity index is 1030. The van der Waals surface area contributed by atoms with Gasteiger partial charge < -0.3 is 15.4 Å². The quantitative estimate of drug-likeness (QED) is 0.549. The van der Waals surface area contributed by atoms with Crippen molar-refractivity contribution < 1.29 is 13.9 Å². The van der Waals surface area contributed by atoms with E-state index < -0.39 is 5.82 Å². The Morgan fingerprint density at radius 1 is 1.14 bits per heavy atom. The van der Waals surface area contributed by atoms with E-state index in [1.54, 1.807) is 37.3 Å². The smallest absolute Gasteiger partial charge is 0.248 e. The molecule has 0 aliphatic heterocycles. The SMILES string of the molecule is C/C=C/C(=O)Nc1cccc(Nc2cc(Oc3ccc(F)c(Cl)c3)ncn2)c1. The Morgan fingerprint density at radius 2 is 1.96 bits per heavy atom. The second kappa shape index (κ2) is 8.96. The van der Waals surface area contributed by atoms with Crippen LogP contribution in [0.5, 0.6) is 11.6 Å². The van der Waals surface area contributed by atoms with Gasteiger partial charge in [-0.05, 0) is 43.3 Å². The van der Waals surface area contributed by atoms with Crippen LogP contribution in [-0.4, -0.2) is 15.9 Å². The highest BCUT2D eigenvalue weighted by Crippen LogP contribution is 2.26. The van der Waals surface area contributed by atoms with Gasteiger partial charge in [-0.1, -0.05) is 23.7 Å². The molecular weight excluding hydrogens is 383 g/mol. The van der Waals surface area contributed by atoms with Crippen LogP contribution < -0.4 is 15.4 Å². The van der Waals surface area contributed by atoms with E-state index in [2.05, 4.69) is 20.6 Å². The van der Waals surface area contributed by atoms with E-state index in [4.69, 9.17) is 16.3 Å². The normalized spacial score (nSPS) is 10.7. The number of ether oxygens (including phenoxy) is 1. The van der Waals surface area contributed by atoms with Crippen LogP contribution in [0.4, 0.5) is 21.6 Å². The number of aromatic nitrogens is 2. The first-order valence-electron chi connectivity index (χ1n) is 8.29. The topological polar surface area (TPSA) is 76.1 Å². The summed E-state index contributed by atoms with van der Waals surface area (Å²) in [6.45, 7) is 1.77. The predicted octanol–water partition coefficient (Wildman–Crippen LogP) is 5.32. The molecule has 28 heavy (non-hydrogen) atoms. The Labute approximate surface area is 166 Å². The van der Waals surface area contributed by atoms with E-state index in [1.807, 2.05) is 6.07 Å². The zero-order valence-corrected chi connectivity index (χ0v) is 15.6. The lowest BCUT2D eigenvalue weighted by Gasteiger charge is -2.10. The zero-order valence-electron chi connectivity index (χ0n) is 14.8. The van der Waals surface area contributed by atoms with Gasteiger partial charge in [-0.3, -0.25) is 4.79 Å². The van der Waals surface area contributed by atoms with Crippen LogP contribution in [0.1, 0.15) is 6.92 Å². The molecule has 3 aromatic rings. The van der Waals surface area contributed by atoms with Gasteiger partial charge in [0.15, 0.2) is 0 Å². The fraction of sp³-hybridized carbons (Fsp3) is 0.0500. The second-order valence-corrected chi connectivity index (χ2v) is 6.02. The molecular formula is C20H16ClFN4O2. The van der Waals surface area contributed by atoms with Crippen molar-refractivity contribution in [1.82, 2.24) is 9.97 Å². The van der Waals surface area contributed by atoms with Gasteiger partial charge in [0, 0.05) is 23.5 Å². The third-order valence-corrected chi connectivity index (χ3v) is 3.77. The van der Waals surface area contributed by atoms with Crippen molar-refractivity contribution >= 4 is 34.7 Å². The number of benzene rings is 2. The molecule has 1 amide bonds. The molecule has 2 aromatic carbocycles. The highest BCUT2D eigenvalue weighted by atomic mass is 35.5. The lowest BCUT2D eigenvalue weighted by Crippen LogP contribution is -2.07. The van der Waals surface area contributed by atoms with E-state index >= 15 is 0 Å². The third kappa shape index (κ3) is 5.28. The summed E-state index contributed by atoms with van der Waals surface area (Å²) in [6.07, 6.45) is 4.43. The number of hydrogen-bond acceptors (Lipinski definition) is 5. The van der Waals surface area contributed by atoms with Crippen molar-refractivity contribution in [3.8, 4) is 11.6 Å². The van der Waals surface area contributed by atoms with Crippen molar-refractivity contribution in [2.75, 3.05) is 10.6 Å². The van der Waals surface area contributed by atoms with Crippen LogP contribution in [0.3, 0.4) is 0 Å². The molecule has 8 heteroatoms. The fourth-order valence-corrected chi connectivity index (χ4v) is 2.45. The molecule has 1 heterocycles. The summed E-state index contributed by atoms with van der Waals surface area (Å²) in [5, 5.41) is 5.83. The van der Waals surface area contributed by atoms with Crippen molar-refractivity contribution in [2.24, 2.45) is 0 Å². The van der Waals surface area contributed by atoms with Gasteiger partial charge in [0.25, 0.3) is 0 Å². The van der Waals surface area contributed by atoms with Crippen LogP contribution in [0.25, 0.3) is 0 Å². The van der Waals surface area contributed by atoms with E-state index in [1.165, 1.54) is 30.6 Å². The molecule has 0 aliphatic rings. The highest BCUT2D eigenvalue weighted by Gasteiger charge is 2.06. The van der Waals surface area contributed by atoms with Crippen LogP contribution in [0, 0.1) is 5.82 Å². The molecule has 0 saturated carbocycles. The monoisotopic (exact) mass is 398 g/mol. The van der Waals surface area contributed by atoms with Crippen molar-refractivity contribution in [3.05, 3.63) is 77.9 Å². The molecule has 6 nitrogen and oxygen atoms in total. The van der Waals surface area contributed by atoms with Gasteiger partial charge in [0.05, 0.1) is 5.02 Å². The highest BCUT2D eigenvalue weighted by molar-refractivity contribution is 6.30. The number of allylic oxidation sites excluding steroid dienone is 1. The number of rotatable bonds is 6. The average molecular weight is 399 g/mol. The largest absolute Gasteiger partial charge is 0.439 e. The molecule has 3 rings (SSSR count). The number of amides is 1. The van der Waals surface area contributed by atoms with Crippen molar-refractivity contribution in [2.45, 2.75) is 6.92 Å². The molecule has 0 unspecified atom stereocenters. The minimum absolute atomic E-state index is 0.0401. The van der Waals surface area contributed by atoms with Crippen LogP contribution in [0.15, 0.2) is 67.0 Å². The van der Waals surface area contributed by atoms with Crippen LogP contribution in [0.2, 0.25) is 5.02 Å². The van der Waals surface area contributed by atoms with E-state index in [9.17, 15) is 9.18 Å². The Kier molecular flexibility index (Phi) is 6.18. The molecule has 0 fully saturated rings. The number of nitrogens with zero attached hydrogens (tertiary/aromatic N) is 2. The summed E-state index contributed by atoms with van der Waals surface area (Å²) < 4.78 is 18.8. The van der Waals surface area contributed by atoms with Gasteiger partial charge in [-0.25, -0.2) is 14.4 Å². The first kappa shape index (κ1) is 19.3.